The van der Waals surface area contributed by atoms with Gasteiger partial charge < -0.3 is 16.0 Å². The zero-order valence-corrected chi connectivity index (χ0v) is 12.3. The van der Waals surface area contributed by atoms with E-state index in [1.54, 1.807) is 0 Å². The summed E-state index contributed by atoms with van der Waals surface area (Å²) in [5, 5.41) is 3.11. The number of aryl methyl sites for hydroxylation is 1. The fourth-order valence-corrected chi connectivity index (χ4v) is 1.79. The SMILES string of the molecule is CCCCN(C)CCN=C(N)Nc1cccc(C)c1. The van der Waals surface area contributed by atoms with Crippen LogP contribution in [-0.2, 0) is 0 Å². The predicted octanol–water partition coefficient (Wildman–Crippen LogP) is 2.45. The number of unbranched alkanes of at least 4 members (excludes halogenated alkanes) is 1. The lowest BCUT2D eigenvalue weighted by Crippen LogP contribution is -2.26. The third-order valence-corrected chi connectivity index (χ3v) is 2.95. The highest BCUT2D eigenvalue weighted by molar-refractivity contribution is 5.92. The van der Waals surface area contributed by atoms with Crippen molar-refractivity contribution in [3.8, 4) is 0 Å². The summed E-state index contributed by atoms with van der Waals surface area (Å²) in [6.07, 6.45) is 2.46. The van der Waals surface area contributed by atoms with Crippen LogP contribution >= 0.6 is 0 Å². The summed E-state index contributed by atoms with van der Waals surface area (Å²) in [5.41, 5.74) is 8.05. The summed E-state index contributed by atoms with van der Waals surface area (Å²) in [4.78, 5) is 6.62. The van der Waals surface area contributed by atoms with Crippen molar-refractivity contribution in [2.24, 2.45) is 10.7 Å². The van der Waals surface area contributed by atoms with Gasteiger partial charge in [-0.25, -0.2) is 0 Å². The molecule has 0 unspecified atom stereocenters. The molecule has 19 heavy (non-hydrogen) atoms. The summed E-state index contributed by atoms with van der Waals surface area (Å²) in [7, 11) is 2.12. The molecule has 0 radical (unpaired) electrons. The molecule has 4 nitrogen and oxygen atoms in total. The Hall–Kier alpha value is -1.55. The number of guanidine groups is 1. The Bertz CT molecular complexity index is 401. The lowest BCUT2D eigenvalue weighted by molar-refractivity contribution is 0.337. The minimum atomic E-state index is 0.481. The van der Waals surface area contributed by atoms with Crippen LogP contribution in [0.1, 0.15) is 25.3 Å². The Morgan fingerprint density at radius 3 is 2.84 bits per heavy atom. The number of nitrogens with zero attached hydrogens (tertiary/aromatic N) is 2. The van der Waals surface area contributed by atoms with Crippen LogP contribution in [0, 0.1) is 6.92 Å². The van der Waals surface area contributed by atoms with Gasteiger partial charge in [-0.3, -0.25) is 4.99 Å². The van der Waals surface area contributed by atoms with E-state index in [1.807, 2.05) is 12.1 Å². The number of rotatable bonds is 7. The first-order chi connectivity index (χ1) is 9.11. The molecule has 1 aromatic carbocycles. The van der Waals surface area contributed by atoms with Crippen LogP contribution in [0.5, 0.6) is 0 Å². The number of benzene rings is 1. The van der Waals surface area contributed by atoms with E-state index in [0.717, 1.165) is 25.3 Å². The number of anilines is 1. The maximum absolute atomic E-state index is 5.86. The number of hydrogen-bond acceptors (Lipinski definition) is 2. The minimum Gasteiger partial charge on any atom is -0.370 e. The van der Waals surface area contributed by atoms with Crippen molar-refractivity contribution < 1.29 is 0 Å². The highest BCUT2D eigenvalue weighted by Gasteiger charge is 1.98. The molecule has 0 heterocycles. The van der Waals surface area contributed by atoms with Gasteiger partial charge in [0.1, 0.15) is 0 Å². The van der Waals surface area contributed by atoms with Gasteiger partial charge in [0.2, 0.25) is 0 Å². The van der Waals surface area contributed by atoms with Gasteiger partial charge in [-0.1, -0.05) is 25.5 Å². The van der Waals surface area contributed by atoms with Crippen molar-refractivity contribution in [2.75, 3.05) is 32.0 Å². The first kappa shape index (κ1) is 15.5. The topological polar surface area (TPSA) is 53.6 Å². The summed E-state index contributed by atoms with van der Waals surface area (Å²) in [5.74, 6) is 0.481. The third-order valence-electron chi connectivity index (χ3n) is 2.95. The molecule has 4 heteroatoms. The van der Waals surface area contributed by atoms with Gasteiger partial charge in [-0.05, 0) is 44.6 Å². The molecule has 0 saturated heterocycles. The molecule has 3 N–H and O–H groups in total. The normalized spacial score (nSPS) is 11.9. The second-order valence-corrected chi connectivity index (χ2v) is 4.92. The van der Waals surface area contributed by atoms with Gasteiger partial charge in [-0.2, -0.15) is 0 Å². The number of aliphatic imine (C=N–C) groups is 1. The number of nitrogens with one attached hydrogen (secondary N) is 1. The Labute approximate surface area is 116 Å². The second-order valence-electron chi connectivity index (χ2n) is 4.92. The first-order valence-electron chi connectivity index (χ1n) is 6.94. The van der Waals surface area contributed by atoms with Crippen LogP contribution in [0.2, 0.25) is 0 Å². The molecule has 0 atom stereocenters. The summed E-state index contributed by atoms with van der Waals surface area (Å²) in [6.45, 7) is 7.05. The van der Waals surface area contributed by atoms with Crippen molar-refractivity contribution in [3.05, 3.63) is 29.8 Å². The fourth-order valence-electron chi connectivity index (χ4n) is 1.79. The van der Waals surface area contributed by atoms with E-state index in [1.165, 1.54) is 18.4 Å². The molecule has 0 fully saturated rings. The predicted molar refractivity (Wildman–Crippen MR) is 83.7 cm³/mol. The molecular weight excluding hydrogens is 236 g/mol. The van der Waals surface area contributed by atoms with Gasteiger partial charge >= 0.3 is 0 Å². The lowest BCUT2D eigenvalue weighted by atomic mass is 10.2. The molecule has 0 aliphatic heterocycles. The van der Waals surface area contributed by atoms with Crippen LogP contribution < -0.4 is 11.1 Å². The average Bonchev–Trinajstić information content (AvgIpc) is 2.36. The number of nitrogens with two attached hydrogens (primary N) is 1. The minimum absolute atomic E-state index is 0.481. The van der Waals surface area contributed by atoms with E-state index in [9.17, 15) is 0 Å². The van der Waals surface area contributed by atoms with Crippen molar-refractivity contribution in [1.29, 1.82) is 0 Å². The van der Waals surface area contributed by atoms with E-state index >= 15 is 0 Å². The quantitative estimate of drug-likeness (QED) is 0.586. The van der Waals surface area contributed by atoms with Gasteiger partial charge in [0.05, 0.1) is 6.54 Å². The molecule has 0 amide bonds. The summed E-state index contributed by atoms with van der Waals surface area (Å²) in [6, 6.07) is 8.10. The smallest absolute Gasteiger partial charge is 0.193 e. The van der Waals surface area contributed by atoms with Crippen LogP contribution in [0.25, 0.3) is 0 Å². The van der Waals surface area contributed by atoms with E-state index in [4.69, 9.17) is 5.73 Å². The van der Waals surface area contributed by atoms with E-state index in [2.05, 4.69) is 48.2 Å². The molecule has 0 aliphatic carbocycles. The Morgan fingerprint density at radius 1 is 1.37 bits per heavy atom. The fraction of sp³-hybridized carbons (Fsp3) is 0.533. The molecule has 0 saturated carbocycles. The molecule has 0 aromatic heterocycles. The number of likely N-dealkylation sites (N-methyl/N-ethyl adjacent to an activating group) is 1. The summed E-state index contributed by atoms with van der Waals surface area (Å²) < 4.78 is 0. The molecular formula is C15H26N4. The molecule has 0 aliphatic rings. The van der Waals surface area contributed by atoms with Gasteiger partial charge in [0.25, 0.3) is 0 Å². The average molecular weight is 262 g/mol. The maximum atomic E-state index is 5.86. The highest BCUT2D eigenvalue weighted by atomic mass is 15.1. The zero-order chi connectivity index (χ0) is 14.1. The van der Waals surface area contributed by atoms with Crippen molar-refractivity contribution >= 4 is 11.6 Å². The largest absolute Gasteiger partial charge is 0.370 e. The van der Waals surface area contributed by atoms with Crippen molar-refractivity contribution in [3.63, 3.8) is 0 Å². The van der Waals surface area contributed by atoms with Gasteiger partial charge in [0.15, 0.2) is 5.96 Å². The van der Waals surface area contributed by atoms with Crippen molar-refractivity contribution in [1.82, 2.24) is 4.90 Å². The molecule has 1 rings (SSSR count). The van der Waals surface area contributed by atoms with Gasteiger partial charge in [0, 0.05) is 12.2 Å². The Morgan fingerprint density at radius 2 is 2.16 bits per heavy atom. The van der Waals surface area contributed by atoms with Gasteiger partial charge in [-0.15, -0.1) is 0 Å². The second kappa shape index (κ2) is 8.53. The highest BCUT2D eigenvalue weighted by Crippen LogP contribution is 2.08. The lowest BCUT2D eigenvalue weighted by Gasteiger charge is -2.14. The van der Waals surface area contributed by atoms with Crippen LogP contribution in [-0.4, -0.2) is 37.5 Å². The Balaban J connectivity index is 2.33. The van der Waals surface area contributed by atoms with Crippen LogP contribution in [0.15, 0.2) is 29.3 Å². The molecule has 0 spiro atoms. The third kappa shape index (κ3) is 6.82. The molecule has 1 aromatic rings. The van der Waals surface area contributed by atoms with Crippen LogP contribution in [0.4, 0.5) is 5.69 Å². The van der Waals surface area contributed by atoms with E-state index < -0.39 is 0 Å². The van der Waals surface area contributed by atoms with E-state index in [0.29, 0.717) is 5.96 Å². The number of hydrogen-bond donors (Lipinski definition) is 2. The van der Waals surface area contributed by atoms with Crippen LogP contribution in [0.3, 0.4) is 0 Å². The maximum Gasteiger partial charge on any atom is 0.193 e. The molecule has 106 valence electrons. The zero-order valence-electron chi connectivity index (χ0n) is 12.3. The van der Waals surface area contributed by atoms with E-state index in [-0.39, 0.29) is 0 Å². The molecule has 0 bridgehead atoms. The standard InChI is InChI=1S/C15H26N4/c1-4-5-10-19(3)11-9-17-15(16)18-14-8-6-7-13(2)12-14/h6-8,12H,4-5,9-11H2,1-3H3,(H3,16,17,18). The first-order valence-corrected chi connectivity index (χ1v) is 6.94. The summed E-state index contributed by atoms with van der Waals surface area (Å²) >= 11 is 0. The monoisotopic (exact) mass is 262 g/mol. The Kier molecular flexibility index (Phi) is 6.97. The van der Waals surface area contributed by atoms with Crippen molar-refractivity contribution in [2.45, 2.75) is 26.7 Å².